The molecule has 0 radical (unpaired) electrons. The number of sulfone groups is 1. The Morgan fingerprint density at radius 2 is 1.52 bits per heavy atom. The van der Waals surface area contributed by atoms with Crippen LogP contribution in [0.2, 0.25) is 0 Å². The van der Waals surface area contributed by atoms with Gasteiger partial charge in [0.25, 0.3) is 0 Å². The number of hydrogen-bond donors (Lipinski definition) is 1. The van der Waals surface area contributed by atoms with Gasteiger partial charge in [-0.1, -0.05) is 0 Å². The molecule has 9 heteroatoms. The molecule has 0 heterocycles. The van der Waals surface area contributed by atoms with Crippen molar-refractivity contribution in [2.24, 2.45) is 0 Å². The van der Waals surface area contributed by atoms with Gasteiger partial charge in [-0.25, -0.2) is 12.8 Å². The van der Waals surface area contributed by atoms with Crippen LogP contribution in [0.1, 0.15) is 12.5 Å². The van der Waals surface area contributed by atoms with Crippen molar-refractivity contribution in [3.63, 3.8) is 0 Å². The Morgan fingerprint density at radius 1 is 1.00 bits per heavy atom. The minimum Gasteiger partial charge on any atom is -0.325 e. The van der Waals surface area contributed by atoms with Crippen LogP contribution in [0, 0.1) is 5.82 Å². The zero-order valence-electron chi connectivity index (χ0n) is 12.8. The third-order valence-corrected chi connectivity index (χ3v) is 5.53. The lowest BCUT2D eigenvalue weighted by molar-refractivity contribution is -0.137. The van der Waals surface area contributed by atoms with Gasteiger partial charge in [-0.15, -0.1) is 0 Å². The maximum Gasteiger partial charge on any atom is 0.416 e. The molecule has 0 saturated carbocycles. The highest BCUT2D eigenvalue weighted by molar-refractivity contribution is 7.92. The number of alkyl halides is 3. The standard InChI is InChI=1S/C16H13F4NO3S/c1-10(25(23,24)14-8-4-12(17)5-9-14)15(22)21-13-6-2-11(3-7-13)16(18,19)20/h2-10H,1H3,(H,21,22). The van der Waals surface area contributed by atoms with Crippen molar-refractivity contribution in [2.45, 2.75) is 23.2 Å². The number of nitrogens with one attached hydrogen (secondary N) is 1. The second-order valence-corrected chi connectivity index (χ2v) is 7.47. The molecule has 2 rings (SSSR count). The molecule has 0 aliphatic heterocycles. The molecule has 1 N–H and O–H groups in total. The van der Waals surface area contributed by atoms with Crippen molar-refractivity contribution in [1.82, 2.24) is 0 Å². The van der Waals surface area contributed by atoms with Gasteiger partial charge in [0, 0.05) is 5.69 Å². The quantitative estimate of drug-likeness (QED) is 0.656. The van der Waals surface area contributed by atoms with Gasteiger partial charge in [0.2, 0.25) is 5.91 Å². The highest BCUT2D eigenvalue weighted by Gasteiger charge is 2.31. The van der Waals surface area contributed by atoms with Crippen LogP contribution < -0.4 is 5.32 Å². The summed E-state index contributed by atoms with van der Waals surface area (Å²) in [4.78, 5) is 11.9. The molecule has 1 amide bonds. The molecule has 134 valence electrons. The van der Waals surface area contributed by atoms with E-state index in [0.29, 0.717) is 0 Å². The van der Waals surface area contributed by atoms with Crippen LogP contribution in [-0.4, -0.2) is 19.6 Å². The number of halogens is 4. The van der Waals surface area contributed by atoms with Gasteiger partial charge in [-0.2, -0.15) is 13.2 Å². The fourth-order valence-electron chi connectivity index (χ4n) is 1.96. The van der Waals surface area contributed by atoms with Crippen LogP contribution in [0.4, 0.5) is 23.2 Å². The molecule has 0 saturated heterocycles. The topological polar surface area (TPSA) is 63.2 Å². The summed E-state index contributed by atoms with van der Waals surface area (Å²) in [7, 11) is -4.07. The maximum absolute atomic E-state index is 12.9. The van der Waals surface area contributed by atoms with Gasteiger partial charge in [-0.3, -0.25) is 4.79 Å². The third kappa shape index (κ3) is 4.36. The van der Waals surface area contributed by atoms with Crippen molar-refractivity contribution < 1.29 is 30.8 Å². The first-order chi connectivity index (χ1) is 11.5. The van der Waals surface area contributed by atoms with Gasteiger partial charge >= 0.3 is 6.18 Å². The highest BCUT2D eigenvalue weighted by atomic mass is 32.2. The smallest absolute Gasteiger partial charge is 0.325 e. The molecule has 4 nitrogen and oxygen atoms in total. The zero-order valence-corrected chi connectivity index (χ0v) is 13.7. The lowest BCUT2D eigenvalue weighted by Crippen LogP contribution is -2.32. The number of hydrogen-bond acceptors (Lipinski definition) is 3. The van der Waals surface area contributed by atoms with E-state index in [-0.39, 0.29) is 10.6 Å². The van der Waals surface area contributed by atoms with E-state index < -0.39 is 38.6 Å². The lowest BCUT2D eigenvalue weighted by Gasteiger charge is -2.14. The summed E-state index contributed by atoms with van der Waals surface area (Å²) in [6.07, 6.45) is -4.51. The van der Waals surface area contributed by atoms with E-state index in [1.165, 1.54) is 0 Å². The molecule has 0 aromatic heterocycles. The van der Waals surface area contributed by atoms with Crippen LogP contribution in [0.5, 0.6) is 0 Å². The van der Waals surface area contributed by atoms with Crippen molar-refractivity contribution in [2.75, 3.05) is 5.32 Å². The second kappa shape index (κ2) is 6.83. The molecule has 1 atom stereocenters. The Balaban J connectivity index is 2.15. The largest absolute Gasteiger partial charge is 0.416 e. The van der Waals surface area contributed by atoms with Gasteiger partial charge in [0.15, 0.2) is 9.84 Å². The average Bonchev–Trinajstić information content (AvgIpc) is 2.54. The minimum atomic E-state index is -4.51. The molecule has 0 aliphatic carbocycles. The highest BCUT2D eigenvalue weighted by Crippen LogP contribution is 2.30. The molecule has 2 aromatic rings. The van der Waals surface area contributed by atoms with Gasteiger partial charge < -0.3 is 5.32 Å². The Kier molecular flexibility index (Phi) is 5.17. The molecule has 25 heavy (non-hydrogen) atoms. The molecule has 0 spiro atoms. The second-order valence-electron chi connectivity index (χ2n) is 5.21. The van der Waals surface area contributed by atoms with E-state index in [1.54, 1.807) is 0 Å². The van der Waals surface area contributed by atoms with Gasteiger partial charge in [0.05, 0.1) is 10.5 Å². The number of anilines is 1. The molecule has 0 aliphatic rings. The van der Waals surface area contributed by atoms with E-state index in [0.717, 1.165) is 55.5 Å². The summed E-state index contributed by atoms with van der Waals surface area (Å²) in [6, 6.07) is 7.57. The van der Waals surface area contributed by atoms with Gasteiger partial charge in [-0.05, 0) is 55.5 Å². The van der Waals surface area contributed by atoms with Crippen LogP contribution in [0.25, 0.3) is 0 Å². The molecule has 0 fully saturated rings. The van der Waals surface area contributed by atoms with Crippen molar-refractivity contribution in [3.8, 4) is 0 Å². The minimum absolute atomic E-state index is 0.0270. The predicted octanol–water partition coefficient (Wildman–Crippen LogP) is 3.65. The number of carbonyl (C=O) groups excluding carboxylic acids is 1. The van der Waals surface area contributed by atoms with Crippen molar-refractivity contribution in [3.05, 3.63) is 59.9 Å². The summed E-state index contributed by atoms with van der Waals surface area (Å²) >= 11 is 0. The monoisotopic (exact) mass is 375 g/mol. The number of amides is 1. The number of carbonyl (C=O) groups is 1. The Bertz CT molecular complexity index is 860. The van der Waals surface area contributed by atoms with E-state index in [2.05, 4.69) is 5.32 Å². The van der Waals surface area contributed by atoms with E-state index in [4.69, 9.17) is 0 Å². The fourth-order valence-corrected chi connectivity index (χ4v) is 3.22. The fraction of sp³-hybridized carbons (Fsp3) is 0.188. The normalized spacial score (nSPS) is 13.3. The van der Waals surface area contributed by atoms with Gasteiger partial charge in [0.1, 0.15) is 11.1 Å². The summed E-state index contributed by atoms with van der Waals surface area (Å²) in [5, 5.41) is 0.734. The summed E-state index contributed by atoms with van der Waals surface area (Å²) in [6.45, 7) is 1.14. The maximum atomic E-state index is 12.9. The molecule has 2 aromatic carbocycles. The van der Waals surface area contributed by atoms with E-state index in [9.17, 15) is 30.8 Å². The van der Waals surface area contributed by atoms with Crippen molar-refractivity contribution in [1.29, 1.82) is 0 Å². The van der Waals surface area contributed by atoms with E-state index >= 15 is 0 Å². The molecule has 1 unspecified atom stereocenters. The van der Waals surface area contributed by atoms with E-state index in [1.807, 2.05) is 0 Å². The molecular weight excluding hydrogens is 362 g/mol. The first-order valence-corrected chi connectivity index (χ1v) is 8.54. The lowest BCUT2D eigenvalue weighted by atomic mass is 10.2. The SMILES string of the molecule is CC(C(=O)Nc1ccc(C(F)(F)F)cc1)S(=O)(=O)c1ccc(F)cc1. The van der Waals surface area contributed by atoms with Crippen LogP contribution >= 0.6 is 0 Å². The summed E-state index contributed by atoms with van der Waals surface area (Å²) < 4.78 is 75.0. The molecule has 0 bridgehead atoms. The third-order valence-electron chi connectivity index (χ3n) is 3.46. The van der Waals surface area contributed by atoms with Crippen LogP contribution in [0.15, 0.2) is 53.4 Å². The Morgan fingerprint density at radius 3 is 2.00 bits per heavy atom. The van der Waals surface area contributed by atoms with Crippen LogP contribution in [-0.2, 0) is 20.8 Å². The Labute approximate surface area is 141 Å². The predicted molar refractivity (Wildman–Crippen MR) is 83.1 cm³/mol. The average molecular weight is 375 g/mol. The first kappa shape index (κ1) is 18.9. The van der Waals surface area contributed by atoms with Crippen molar-refractivity contribution >= 4 is 21.4 Å². The zero-order chi connectivity index (χ0) is 18.8. The summed E-state index contributed by atoms with van der Waals surface area (Å²) in [5.74, 6) is -1.54. The summed E-state index contributed by atoms with van der Waals surface area (Å²) in [5.41, 5.74) is -0.864. The Hall–Kier alpha value is -2.42. The van der Waals surface area contributed by atoms with Crippen LogP contribution in [0.3, 0.4) is 0 Å². The first-order valence-electron chi connectivity index (χ1n) is 6.99. The molecular formula is C16H13F4NO3S. The number of benzene rings is 2. The number of rotatable bonds is 4.